The molecule has 0 aliphatic heterocycles. The molecule has 6 nitrogen and oxygen atoms in total. The summed E-state index contributed by atoms with van der Waals surface area (Å²) in [5.74, 6) is 0.160. The van der Waals surface area contributed by atoms with Crippen LogP contribution in [0.2, 0.25) is 0 Å². The lowest BCUT2D eigenvalue weighted by Gasteiger charge is -2.13. The van der Waals surface area contributed by atoms with Crippen molar-refractivity contribution in [2.24, 2.45) is 0 Å². The molecular formula is C18H22N2O4. The summed E-state index contributed by atoms with van der Waals surface area (Å²) in [6, 6.07) is 6.88. The van der Waals surface area contributed by atoms with E-state index in [0.29, 0.717) is 23.6 Å². The fourth-order valence-electron chi connectivity index (χ4n) is 2.17. The standard InChI is InChI=1S/C18H22N2O4/c1-18(2,3)14-11-19-16(24-14)9-8-15(21)20-13-7-5-4-6-12(13)10-17(22)23/h4-7,11H,8-10H2,1-3H3,(H,20,21)(H,22,23). The zero-order chi connectivity index (χ0) is 17.7. The highest BCUT2D eigenvalue weighted by molar-refractivity contribution is 5.92. The van der Waals surface area contributed by atoms with Gasteiger partial charge in [-0.3, -0.25) is 9.59 Å². The second-order valence-electron chi connectivity index (χ2n) is 6.64. The molecule has 1 aromatic carbocycles. The van der Waals surface area contributed by atoms with Gasteiger partial charge in [0, 0.05) is 23.9 Å². The number of aryl methyl sites for hydroxylation is 1. The zero-order valence-electron chi connectivity index (χ0n) is 14.1. The molecule has 128 valence electrons. The fraction of sp³-hybridized carbons (Fsp3) is 0.389. The van der Waals surface area contributed by atoms with E-state index < -0.39 is 5.97 Å². The van der Waals surface area contributed by atoms with E-state index >= 15 is 0 Å². The minimum absolute atomic E-state index is 0.122. The van der Waals surface area contributed by atoms with E-state index in [1.165, 1.54) is 0 Å². The number of nitrogens with one attached hydrogen (secondary N) is 1. The third kappa shape index (κ3) is 4.94. The van der Waals surface area contributed by atoms with Crippen molar-refractivity contribution in [2.75, 3.05) is 5.32 Å². The average Bonchev–Trinajstić information content (AvgIpc) is 2.96. The van der Waals surface area contributed by atoms with Crippen molar-refractivity contribution >= 4 is 17.6 Å². The van der Waals surface area contributed by atoms with E-state index in [0.717, 1.165) is 5.76 Å². The molecule has 24 heavy (non-hydrogen) atoms. The number of amides is 1. The van der Waals surface area contributed by atoms with Crippen LogP contribution in [-0.4, -0.2) is 22.0 Å². The lowest BCUT2D eigenvalue weighted by molar-refractivity contribution is -0.136. The maximum atomic E-state index is 12.1. The summed E-state index contributed by atoms with van der Waals surface area (Å²) < 4.78 is 5.66. The summed E-state index contributed by atoms with van der Waals surface area (Å²) >= 11 is 0. The number of carboxylic acids is 1. The van der Waals surface area contributed by atoms with Crippen LogP contribution in [-0.2, 0) is 27.8 Å². The number of benzene rings is 1. The molecule has 2 aromatic rings. The van der Waals surface area contributed by atoms with Crippen molar-refractivity contribution < 1.29 is 19.1 Å². The molecule has 0 bridgehead atoms. The van der Waals surface area contributed by atoms with Gasteiger partial charge in [0.1, 0.15) is 5.76 Å². The Hall–Kier alpha value is -2.63. The molecule has 0 atom stereocenters. The Morgan fingerprint density at radius 2 is 1.96 bits per heavy atom. The monoisotopic (exact) mass is 330 g/mol. The number of nitrogens with zero attached hydrogens (tertiary/aromatic N) is 1. The number of hydrogen-bond donors (Lipinski definition) is 2. The number of carbonyl (C=O) groups excluding carboxylic acids is 1. The van der Waals surface area contributed by atoms with Crippen molar-refractivity contribution in [3.8, 4) is 0 Å². The maximum Gasteiger partial charge on any atom is 0.307 e. The first kappa shape index (κ1) is 17.7. The Kier molecular flexibility index (Phi) is 5.39. The zero-order valence-corrected chi connectivity index (χ0v) is 14.1. The number of carbonyl (C=O) groups is 2. The number of anilines is 1. The Morgan fingerprint density at radius 1 is 1.25 bits per heavy atom. The van der Waals surface area contributed by atoms with Crippen molar-refractivity contribution in [1.29, 1.82) is 0 Å². The smallest absolute Gasteiger partial charge is 0.307 e. The molecule has 0 saturated carbocycles. The molecule has 0 fully saturated rings. The van der Waals surface area contributed by atoms with Gasteiger partial charge in [-0.1, -0.05) is 39.0 Å². The van der Waals surface area contributed by atoms with Crippen LogP contribution in [0.15, 0.2) is 34.9 Å². The van der Waals surface area contributed by atoms with Crippen molar-refractivity contribution in [3.05, 3.63) is 47.7 Å². The lowest BCUT2D eigenvalue weighted by atomic mass is 9.94. The van der Waals surface area contributed by atoms with Gasteiger partial charge in [0.25, 0.3) is 0 Å². The number of aromatic nitrogens is 1. The van der Waals surface area contributed by atoms with Gasteiger partial charge in [-0.05, 0) is 11.6 Å². The third-order valence-electron chi connectivity index (χ3n) is 3.49. The van der Waals surface area contributed by atoms with Crippen LogP contribution < -0.4 is 5.32 Å². The molecular weight excluding hydrogens is 308 g/mol. The number of carboxylic acid groups (broad SMARTS) is 1. The van der Waals surface area contributed by atoms with Crippen LogP contribution in [0.1, 0.15) is 44.4 Å². The van der Waals surface area contributed by atoms with Crippen LogP contribution in [0, 0.1) is 0 Å². The Balaban J connectivity index is 1.94. The number of para-hydroxylation sites is 1. The highest BCUT2D eigenvalue weighted by Gasteiger charge is 2.19. The molecule has 0 aliphatic carbocycles. The molecule has 0 spiro atoms. The number of hydrogen-bond acceptors (Lipinski definition) is 4. The topological polar surface area (TPSA) is 92.4 Å². The van der Waals surface area contributed by atoms with Crippen LogP contribution >= 0.6 is 0 Å². The highest BCUT2D eigenvalue weighted by atomic mass is 16.4. The molecule has 0 radical (unpaired) electrons. The quantitative estimate of drug-likeness (QED) is 0.848. The number of aliphatic carboxylic acids is 1. The van der Waals surface area contributed by atoms with E-state index in [-0.39, 0.29) is 24.2 Å². The molecule has 1 heterocycles. The van der Waals surface area contributed by atoms with Crippen LogP contribution in [0.3, 0.4) is 0 Å². The van der Waals surface area contributed by atoms with Gasteiger partial charge in [-0.15, -0.1) is 0 Å². The van der Waals surface area contributed by atoms with E-state index in [1.54, 1.807) is 30.5 Å². The number of oxazole rings is 1. The molecule has 6 heteroatoms. The molecule has 2 N–H and O–H groups in total. The van der Waals surface area contributed by atoms with Gasteiger partial charge in [-0.25, -0.2) is 4.98 Å². The maximum absolute atomic E-state index is 12.1. The van der Waals surface area contributed by atoms with Gasteiger partial charge in [0.2, 0.25) is 5.91 Å². The summed E-state index contributed by atoms with van der Waals surface area (Å²) in [4.78, 5) is 27.2. The first-order valence-electron chi connectivity index (χ1n) is 7.80. The summed E-state index contributed by atoms with van der Waals surface area (Å²) in [5, 5.41) is 11.7. The summed E-state index contributed by atoms with van der Waals surface area (Å²) in [6.45, 7) is 6.09. The van der Waals surface area contributed by atoms with E-state index in [9.17, 15) is 9.59 Å². The second kappa shape index (κ2) is 7.29. The summed E-state index contributed by atoms with van der Waals surface area (Å²) in [7, 11) is 0. The van der Waals surface area contributed by atoms with Gasteiger partial charge >= 0.3 is 5.97 Å². The average molecular weight is 330 g/mol. The van der Waals surface area contributed by atoms with Crippen LogP contribution in [0.4, 0.5) is 5.69 Å². The van der Waals surface area contributed by atoms with Crippen LogP contribution in [0.5, 0.6) is 0 Å². The van der Waals surface area contributed by atoms with E-state index in [4.69, 9.17) is 9.52 Å². The number of rotatable bonds is 6. The normalized spacial score (nSPS) is 11.3. The van der Waals surface area contributed by atoms with Gasteiger partial charge < -0.3 is 14.8 Å². The Labute approximate surface area is 140 Å². The molecule has 0 aliphatic rings. The highest BCUT2D eigenvalue weighted by Crippen LogP contribution is 2.23. The van der Waals surface area contributed by atoms with Crippen molar-refractivity contribution in [2.45, 2.75) is 45.4 Å². The summed E-state index contributed by atoms with van der Waals surface area (Å²) in [6.07, 6.45) is 2.16. The van der Waals surface area contributed by atoms with Gasteiger partial charge in [0.05, 0.1) is 12.6 Å². The Morgan fingerprint density at radius 3 is 2.58 bits per heavy atom. The molecule has 1 amide bonds. The molecule has 0 unspecified atom stereocenters. The predicted molar refractivity (Wildman–Crippen MR) is 89.9 cm³/mol. The fourth-order valence-corrected chi connectivity index (χ4v) is 2.17. The Bertz CT molecular complexity index is 729. The molecule has 0 saturated heterocycles. The third-order valence-corrected chi connectivity index (χ3v) is 3.49. The SMILES string of the molecule is CC(C)(C)c1cnc(CCC(=O)Nc2ccccc2CC(=O)O)o1. The lowest BCUT2D eigenvalue weighted by Crippen LogP contribution is -2.15. The summed E-state index contributed by atoms with van der Waals surface area (Å²) in [5.41, 5.74) is 0.973. The van der Waals surface area contributed by atoms with Gasteiger partial charge in [0.15, 0.2) is 5.89 Å². The van der Waals surface area contributed by atoms with E-state index in [2.05, 4.69) is 10.3 Å². The largest absolute Gasteiger partial charge is 0.481 e. The predicted octanol–water partition coefficient (Wildman–Crippen LogP) is 3.17. The first-order valence-corrected chi connectivity index (χ1v) is 7.80. The molecule has 2 rings (SSSR count). The first-order chi connectivity index (χ1) is 11.3. The minimum atomic E-state index is -0.939. The molecule has 1 aromatic heterocycles. The van der Waals surface area contributed by atoms with Gasteiger partial charge in [-0.2, -0.15) is 0 Å². The van der Waals surface area contributed by atoms with Crippen molar-refractivity contribution in [1.82, 2.24) is 4.98 Å². The van der Waals surface area contributed by atoms with E-state index in [1.807, 2.05) is 20.8 Å². The van der Waals surface area contributed by atoms with Crippen LogP contribution in [0.25, 0.3) is 0 Å². The van der Waals surface area contributed by atoms with Crippen molar-refractivity contribution in [3.63, 3.8) is 0 Å². The minimum Gasteiger partial charge on any atom is -0.481 e. The second-order valence-corrected chi connectivity index (χ2v) is 6.64.